The van der Waals surface area contributed by atoms with Gasteiger partial charge in [0.2, 0.25) is 5.91 Å². The molecule has 1 amide bonds. The highest BCUT2D eigenvalue weighted by atomic mass is 16.3. The first-order valence-electron chi connectivity index (χ1n) is 7.66. The van der Waals surface area contributed by atoms with Crippen molar-refractivity contribution in [2.75, 3.05) is 19.0 Å². The Morgan fingerprint density at radius 1 is 1.33 bits per heavy atom. The van der Waals surface area contributed by atoms with E-state index in [1.54, 1.807) is 0 Å². The topological polar surface area (TPSA) is 52.6 Å². The zero-order valence-electron chi connectivity index (χ0n) is 13.3. The van der Waals surface area contributed by atoms with E-state index >= 15 is 0 Å². The fraction of sp³-hybridized carbons (Fsp3) is 0.588. The van der Waals surface area contributed by atoms with Crippen molar-refractivity contribution in [3.63, 3.8) is 0 Å². The lowest BCUT2D eigenvalue weighted by Gasteiger charge is -2.21. The summed E-state index contributed by atoms with van der Waals surface area (Å²) in [7, 11) is 4.02. The highest BCUT2D eigenvalue weighted by molar-refractivity contribution is 5.77. The van der Waals surface area contributed by atoms with Gasteiger partial charge in [0.25, 0.3) is 0 Å². The van der Waals surface area contributed by atoms with Crippen LogP contribution in [0.3, 0.4) is 0 Å². The van der Waals surface area contributed by atoms with Crippen LogP contribution in [0.5, 0.6) is 0 Å². The van der Waals surface area contributed by atoms with Crippen LogP contribution in [0.4, 0.5) is 5.69 Å². The van der Waals surface area contributed by atoms with Gasteiger partial charge in [-0.05, 0) is 43.0 Å². The number of aryl methyl sites for hydroxylation is 1. The molecule has 0 unspecified atom stereocenters. The average molecular weight is 290 g/mol. The van der Waals surface area contributed by atoms with E-state index < -0.39 is 5.60 Å². The number of amides is 1. The molecule has 0 spiro atoms. The number of nitrogens with one attached hydrogen (secondary N) is 1. The number of nitrogens with zero attached hydrogens (tertiary/aromatic N) is 1. The van der Waals surface area contributed by atoms with Crippen LogP contribution in [0.1, 0.15) is 43.2 Å². The standard InChI is InChI=1S/C17H26N2O2/c1-13-10-15(19(2)3)7-6-14(13)12-18-16(20)11-17(21)8-4-5-9-17/h6-7,10,21H,4-5,8-9,11-12H2,1-3H3,(H,18,20). The van der Waals surface area contributed by atoms with Crippen molar-refractivity contribution in [1.29, 1.82) is 0 Å². The number of hydrogen-bond acceptors (Lipinski definition) is 3. The molecule has 0 saturated heterocycles. The fourth-order valence-corrected chi connectivity index (χ4v) is 2.92. The summed E-state index contributed by atoms with van der Waals surface area (Å²) in [6.45, 7) is 2.58. The van der Waals surface area contributed by atoms with Crippen molar-refractivity contribution in [3.8, 4) is 0 Å². The summed E-state index contributed by atoms with van der Waals surface area (Å²) < 4.78 is 0. The normalized spacial score (nSPS) is 16.8. The molecule has 1 saturated carbocycles. The molecule has 1 aliphatic carbocycles. The maximum absolute atomic E-state index is 12.0. The monoisotopic (exact) mass is 290 g/mol. The summed E-state index contributed by atoms with van der Waals surface area (Å²) in [4.78, 5) is 14.0. The second-order valence-corrected chi connectivity index (χ2v) is 6.39. The minimum atomic E-state index is -0.770. The molecule has 2 N–H and O–H groups in total. The SMILES string of the molecule is Cc1cc(N(C)C)ccc1CNC(=O)CC1(O)CCCC1. The Morgan fingerprint density at radius 2 is 2.00 bits per heavy atom. The second-order valence-electron chi connectivity index (χ2n) is 6.39. The molecule has 0 radical (unpaired) electrons. The first kappa shape index (κ1) is 15.8. The third-order valence-electron chi connectivity index (χ3n) is 4.34. The number of aliphatic hydroxyl groups is 1. The fourth-order valence-electron chi connectivity index (χ4n) is 2.92. The Bertz CT molecular complexity index is 506. The highest BCUT2D eigenvalue weighted by Gasteiger charge is 2.33. The van der Waals surface area contributed by atoms with Crippen LogP contribution >= 0.6 is 0 Å². The van der Waals surface area contributed by atoms with Gasteiger partial charge in [-0.1, -0.05) is 18.9 Å². The largest absolute Gasteiger partial charge is 0.389 e. The Kier molecular flexibility index (Phi) is 4.88. The summed E-state index contributed by atoms with van der Waals surface area (Å²) in [5.74, 6) is -0.0597. The third-order valence-corrected chi connectivity index (χ3v) is 4.34. The lowest BCUT2D eigenvalue weighted by molar-refractivity contribution is -0.126. The zero-order valence-corrected chi connectivity index (χ0v) is 13.3. The molecule has 4 heteroatoms. The molecule has 0 heterocycles. The minimum absolute atomic E-state index is 0.0597. The van der Waals surface area contributed by atoms with Crippen molar-refractivity contribution in [3.05, 3.63) is 29.3 Å². The zero-order chi connectivity index (χ0) is 15.5. The van der Waals surface area contributed by atoms with E-state index in [2.05, 4.69) is 35.3 Å². The molecule has 1 aromatic carbocycles. The molecule has 21 heavy (non-hydrogen) atoms. The Labute approximate surface area is 127 Å². The number of hydrogen-bond donors (Lipinski definition) is 2. The van der Waals surface area contributed by atoms with Crippen molar-refractivity contribution in [2.24, 2.45) is 0 Å². The Hall–Kier alpha value is -1.55. The molecular formula is C17H26N2O2. The van der Waals surface area contributed by atoms with E-state index in [0.29, 0.717) is 6.54 Å². The highest BCUT2D eigenvalue weighted by Crippen LogP contribution is 2.32. The van der Waals surface area contributed by atoms with Crippen LogP contribution in [-0.4, -0.2) is 30.7 Å². The van der Waals surface area contributed by atoms with E-state index in [4.69, 9.17) is 0 Å². The van der Waals surface area contributed by atoms with E-state index in [9.17, 15) is 9.90 Å². The van der Waals surface area contributed by atoms with Crippen LogP contribution in [0.15, 0.2) is 18.2 Å². The first-order valence-corrected chi connectivity index (χ1v) is 7.66. The van der Waals surface area contributed by atoms with Crippen LogP contribution < -0.4 is 10.2 Å². The van der Waals surface area contributed by atoms with Crippen molar-refractivity contribution < 1.29 is 9.90 Å². The van der Waals surface area contributed by atoms with Crippen molar-refractivity contribution in [1.82, 2.24) is 5.32 Å². The van der Waals surface area contributed by atoms with Crippen LogP contribution in [0.2, 0.25) is 0 Å². The predicted molar refractivity (Wildman–Crippen MR) is 85.4 cm³/mol. The molecule has 2 rings (SSSR count). The van der Waals surface area contributed by atoms with Gasteiger partial charge >= 0.3 is 0 Å². The molecule has 1 aliphatic rings. The first-order chi connectivity index (χ1) is 9.89. The molecule has 0 aromatic heterocycles. The van der Waals surface area contributed by atoms with Gasteiger partial charge in [0, 0.05) is 26.3 Å². The second kappa shape index (κ2) is 6.48. The molecule has 1 fully saturated rings. The van der Waals surface area contributed by atoms with E-state index in [0.717, 1.165) is 36.9 Å². The lowest BCUT2D eigenvalue weighted by atomic mass is 9.97. The summed E-state index contributed by atoms with van der Waals surface area (Å²) in [5.41, 5.74) is 2.67. The number of carbonyl (C=O) groups is 1. The number of carbonyl (C=O) groups excluding carboxylic acids is 1. The van der Waals surface area contributed by atoms with Crippen LogP contribution in [-0.2, 0) is 11.3 Å². The number of anilines is 1. The maximum Gasteiger partial charge on any atom is 0.223 e. The van der Waals surface area contributed by atoms with Crippen LogP contribution in [0, 0.1) is 6.92 Å². The smallest absolute Gasteiger partial charge is 0.223 e. The summed E-state index contributed by atoms with van der Waals surface area (Å²) >= 11 is 0. The lowest BCUT2D eigenvalue weighted by Crippen LogP contribution is -2.34. The number of rotatable bonds is 5. The number of benzene rings is 1. The molecule has 0 aliphatic heterocycles. The van der Waals surface area contributed by atoms with Crippen LogP contribution in [0.25, 0.3) is 0 Å². The maximum atomic E-state index is 12.0. The molecule has 4 nitrogen and oxygen atoms in total. The van der Waals surface area contributed by atoms with Crippen molar-refractivity contribution in [2.45, 2.75) is 51.2 Å². The average Bonchev–Trinajstić information content (AvgIpc) is 2.83. The Morgan fingerprint density at radius 3 is 2.57 bits per heavy atom. The van der Waals surface area contributed by atoms with Crippen molar-refractivity contribution >= 4 is 11.6 Å². The molecule has 116 valence electrons. The molecule has 0 atom stereocenters. The summed E-state index contributed by atoms with van der Waals surface area (Å²) in [6, 6.07) is 6.22. The van der Waals surface area contributed by atoms with Gasteiger partial charge in [-0.2, -0.15) is 0 Å². The summed E-state index contributed by atoms with van der Waals surface area (Å²) in [6.07, 6.45) is 3.76. The van der Waals surface area contributed by atoms with Gasteiger partial charge in [-0.3, -0.25) is 4.79 Å². The molecule has 1 aromatic rings. The van der Waals surface area contributed by atoms with E-state index in [1.807, 2.05) is 14.1 Å². The van der Waals surface area contributed by atoms with Gasteiger partial charge in [-0.15, -0.1) is 0 Å². The van der Waals surface area contributed by atoms with Gasteiger partial charge < -0.3 is 15.3 Å². The van der Waals surface area contributed by atoms with Gasteiger partial charge in [0.05, 0.1) is 12.0 Å². The van der Waals surface area contributed by atoms with E-state index in [-0.39, 0.29) is 12.3 Å². The molecule has 0 bridgehead atoms. The van der Waals surface area contributed by atoms with E-state index in [1.165, 1.54) is 5.56 Å². The summed E-state index contributed by atoms with van der Waals surface area (Å²) in [5, 5.41) is 13.2. The predicted octanol–water partition coefficient (Wildman–Crippen LogP) is 2.37. The van der Waals surface area contributed by atoms with Gasteiger partial charge in [0.15, 0.2) is 0 Å². The minimum Gasteiger partial charge on any atom is -0.389 e. The quantitative estimate of drug-likeness (QED) is 0.875. The molecular weight excluding hydrogens is 264 g/mol. The Balaban J connectivity index is 1.89. The third kappa shape index (κ3) is 4.21. The van der Waals surface area contributed by atoms with Gasteiger partial charge in [0.1, 0.15) is 0 Å². The van der Waals surface area contributed by atoms with Gasteiger partial charge in [-0.25, -0.2) is 0 Å².